The Balaban J connectivity index is 1.78. The quantitative estimate of drug-likeness (QED) is 0.327. The van der Waals surface area contributed by atoms with Crippen LogP contribution in [0.25, 0.3) is 6.08 Å². The molecule has 7 nitrogen and oxygen atoms in total. The van der Waals surface area contributed by atoms with Gasteiger partial charge in [-0.05, 0) is 25.0 Å². The Morgan fingerprint density at radius 2 is 1.96 bits per heavy atom. The number of nitrogens with one attached hydrogen (secondary N) is 1. The molecule has 3 N–H and O–H groups in total. The van der Waals surface area contributed by atoms with E-state index in [4.69, 9.17) is 17.3 Å². The maximum absolute atomic E-state index is 12.5. The Morgan fingerprint density at radius 1 is 1.22 bits per heavy atom. The van der Waals surface area contributed by atoms with Gasteiger partial charge in [0.15, 0.2) is 0 Å². The molecule has 0 bridgehead atoms. The second kappa shape index (κ2) is 10.1. The summed E-state index contributed by atoms with van der Waals surface area (Å²) in [6.45, 7) is 0.0816. The summed E-state index contributed by atoms with van der Waals surface area (Å²) < 4.78 is 0.473. The molecule has 1 aromatic rings. The summed E-state index contributed by atoms with van der Waals surface area (Å²) in [6.07, 6.45) is 3.88. The van der Waals surface area contributed by atoms with E-state index in [1.807, 2.05) is 0 Å². The van der Waals surface area contributed by atoms with Gasteiger partial charge >= 0.3 is 5.97 Å². The van der Waals surface area contributed by atoms with Gasteiger partial charge in [0.05, 0.1) is 4.91 Å². The van der Waals surface area contributed by atoms with Gasteiger partial charge < -0.3 is 15.5 Å². The highest BCUT2D eigenvalue weighted by Crippen LogP contribution is 2.34. The number of carboxylic acid groups (broad SMARTS) is 1. The van der Waals surface area contributed by atoms with Crippen molar-refractivity contribution in [2.24, 2.45) is 0 Å². The Kier molecular flexibility index (Phi) is 7.81. The fourth-order valence-electron chi connectivity index (χ4n) is 2.44. The molecular weight excluding hydrogens is 388 g/mol. The van der Waals surface area contributed by atoms with Crippen LogP contribution in [0.1, 0.15) is 31.2 Å². The van der Waals surface area contributed by atoms with Crippen LogP contribution < -0.4 is 5.32 Å². The number of carbonyl (C=O) groups is 3. The highest BCUT2D eigenvalue weighted by molar-refractivity contribution is 8.26. The third-order valence-electron chi connectivity index (χ3n) is 3.82. The third kappa shape index (κ3) is 6.37. The monoisotopic (exact) mass is 408 g/mol. The number of hydrogen-bond donors (Lipinski definition) is 3. The predicted molar refractivity (Wildman–Crippen MR) is 107 cm³/mol. The number of carboxylic acids is 1. The second-order valence-corrected chi connectivity index (χ2v) is 7.55. The lowest BCUT2D eigenvalue weighted by atomic mass is 10.1. The topological polar surface area (TPSA) is 107 Å². The van der Waals surface area contributed by atoms with Gasteiger partial charge in [-0.15, -0.1) is 0 Å². The number of aromatic hydroxyl groups is 1. The number of hydrogen-bond acceptors (Lipinski definition) is 6. The van der Waals surface area contributed by atoms with Gasteiger partial charge in [-0.3, -0.25) is 19.3 Å². The van der Waals surface area contributed by atoms with Crippen LogP contribution >= 0.6 is 24.0 Å². The summed E-state index contributed by atoms with van der Waals surface area (Å²) in [4.78, 5) is 36.3. The SMILES string of the molecule is O=C(O)CNC(=O)CCCCCN1C(=O)/C(=C/c2ccccc2O)SC1=S. The average Bonchev–Trinajstić information content (AvgIpc) is 2.88. The summed E-state index contributed by atoms with van der Waals surface area (Å²) in [7, 11) is 0. The molecule has 27 heavy (non-hydrogen) atoms. The van der Waals surface area contributed by atoms with Gasteiger partial charge in [0.25, 0.3) is 5.91 Å². The van der Waals surface area contributed by atoms with Crippen LogP contribution in [0, 0.1) is 0 Å². The van der Waals surface area contributed by atoms with Crippen LogP contribution in [0.15, 0.2) is 29.2 Å². The molecule has 0 saturated carbocycles. The first kappa shape index (κ1) is 20.9. The van der Waals surface area contributed by atoms with Crippen molar-refractivity contribution in [2.45, 2.75) is 25.7 Å². The van der Waals surface area contributed by atoms with E-state index in [0.29, 0.717) is 34.2 Å². The molecule has 0 spiro atoms. The number of unbranched alkanes of at least 4 members (excludes halogenated alkanes) is 2. The summed E-state index contributed by atoms with van der Waals surface area (Å²) in [5, 5.41) is 20.6. The molecule has 2 rings (SSSR count). The van der Waals surface area contributed by atoms with Gasteiger partial charge in [-0.25, -0.2) is 0 Å². The number of amides is 2. The molecule has 0 radical (unpaired) electrons. The zero-order chi connectivity index (χ0) is 19.8. The van der Waals surface area contributed by atoms with Crippen molar-refractivity contribution in [3.05, 3.63) is 34.7 Å². The highest BCUT2D eigenvalue weighted by atomic mass is 32.2. The van der Waals surface area contributed by atoms with Gasteiger partial charge in [0, 0.05) is 18.5 Å². The molecule has 0 aliphatic carbocycles. The minimum absolute atomic E-state index is 0.101. The molecular formula is C18H20N2O5S2. The van der Waals surface area contributed by atoms with Crippen molar-refractivity contribution in [2.75, 3.05) is 13.1 Å². The lowest BCUT2D eigenvalue weighted by Crippen LogP contribution is -2.29. The van der Waals surface area contributed by atoms with Gasteiger partial charge in [-0.2, -0.15) is 0 Å². The van der Waals surface area contributed by atoms with Crippen LogP contribution in [0.2, 0.25) is 0 Å². The van der Waals surface area contributed by atoms with Crippen molar-refractivity contribution >= 4 is 52.2 Å². The highest BCUT2D eigenvalue weighted by Gasteiger charge is 2.31. The molecule has 1 aromatic carbocycles. The number of phenolic OH excluding ortho intramolecular Hbond substituents is 1. The van der Waals surface area contributed by atoms with Gasteiger partial charge in [0.1, 0.15) is 16.6 Å². The zero-order valence-corrected chi connectivity index (χ0v) is 16.1. The standard InChI is InChI=1S/C18H20N2O5S2/c21-13-7-4-3-6-12(13)10-14-17(25)20(18(26)27-14)9-5-1-2-8-15(22)19-11-16(23)24/h3-4,6-7,10,21H,1-2,5,8-9,11H2,(H,19,22)(H,23,24)/b14-10-. The maximum Gasteiger partial charge on any atom is 0.322 e. The first-order valence-electron chi connectivity index (χ1n) is 8.40. The van der Waals surface area contributed by atoms with Crippen molar-refractivity contribution in [1.29, 1.82) is 0 Å². The van der Waals surface area contributed by atoms with E-state index >= 15 is 0 Å². The fourth-order valence-corrected chi connectivity index (χ4v) is 3.74. The smallest absolute Gasteiger partial charge is 0.322 e. The van der Waals surface area contributed by atoms with Crippen molar-refractivity contribution < 1.29 is 24.6 Å². The lowest BCUT2D eigenvalue weighted by molar-refractivity contribution is -0.137. The number of thiocarbonyl (C=S) groups is 1. The minimum atomic E-state index is -1.07. The van der Waals surface area contributed by atoms with Crippen LogP contribution in [0.5, 0.6) is 5.75 Å². The van der Waals surface area contributed by atoms with Crippen molar-refractivity contribution in [3.8, 4) is 5.75 Å². The Hall–Kier alpha value is -2.39. The number of nitrogens with zero attached hydrogens (tertiary/aromatic N) is 1. The number of carbonyl (C=O) groups excluding carboxylic acids is 2. The third-order valence-corrected chi connectivity index (χ3v) is 5.20. The van der Waals surface area contributed by atoms with Crippen LogP contribution in [-0.2, 0) is 14.4 Å². The molecule has 144 valence electrons. The first-order valence-corrected chi connectivity index (χ1v) is 9.63. The Morgan fingerprint density at radius 3 is 2.67 bits per heavy atom. The van der Waals surface area contributed by atoms with E-state index < -0.39 is 5.97 Å². The first-order chi connectivity index (χ1) is 12.9. The number of phenols is 1. The number of aliphatic carboxylic acids is 1. The molecule has 1 aliphatic rings. The molecule has 2 amide bonds. The van der Waals surface area contributed by atoms with Gasteiger partial charge in [0.2, 0.25) is 5.91 Å². The Labute approximate surface area is 166 Å². The molecule has 0 atom stereocenters. The molecule has 1 fully saturated rings. The summed E-state index contributed by atoms with van der Waals surface area (Å²) in [6, 6.07) is 6.76. The van der Waals surface area contributed by atoms with Gasteiger partial charge in [-0.1, -0.05) is 48.6 Å². The van der Waals surface area contributed by atoms with E-state index in [-0.39, 0.29) is 30.5 Å². The molecule has 1 heterocycles. The van der Waals surface area contributed by atoms with Crippen molar-refractivity contribution in [1.82, 2.24) is 10.2 Å². The molecule has 0 aromatic heterocycles. The fraction of sp³-hybridized carbons (Fsp3) is 0.333. The maximum atomic E-state index is 12.5. The molecule has 0 unspecified atom stereocenters. The average molecular weight is 409 g/mol. The van der Waals surface area contributed by atoms with Crippen LogP contribution in [0.4, 0.5) is 0 Å². The van der Waals surface area contributed by atoms with E-state index in [9.17, 15) is 19.5 Å². The summed E-state index contributed by atoms with van der Waals surface area (Å²) in [5.41, 5.74) is 0.561. The largest absolute Gasteiger partial charge is 0.507 e. The summed E-state index contributed by atoms with van der Waals surface area (Å²) in [5.74, 6) is -1.46. The Bertz CT molecular complexity index is 779. The number of benzene rings is 1. The minimum Gasteiger partial charge on any atom is -0.507 e. The number of thioether (sulfide) groups is 1. The molecule has 9 heteroatoms. The molecule has 1 aliphatic heterocycles. The van der Waals surface area contributed by atoms with Crippen LogP contribution in [-0.4, -0.2) is 50.3 Å². The zero-order valence-electron chi connectivity index (χ0n) is 14.5. The second-order valence-electron chi connectivity index (χ2n) is 5.87. The van der Waals surface area contributed by atoms with Crippen molar-refractivity contribution in [3.63, 3.8) is 0 Å². The van der Waals surface area contributed by atoms with E-state index in [1.54, 1.807) is 30.3 Å². The number of rotatable bonds is 9. The predicted octanol–water partition coefficient (Wildman–Crippen LogP) is 2.35. The summed E-state index contributed by atoms with van der Waals surface area (Å²) >= 11 is 6.47. The van der Waals surface area contributed by atoms with E-state index in [1.165, 1.54) is 16.7 Å². The van der Waals surface area contributed by atoms with Crippen LogP contribution in [0.3, 0.4) is 0 Å². The molecule has 1 saturated heterocycles. The normalized spacial score (nSPS) is 15.4. The van der Waals surface area contributed by atoms with E-state index in [2.05, 4.69) is 5.32 Å². The lowest BCUT2D eigenvalue weighted by Gasteiger charge is -2.14. The number of para-hydroxylation sites is 1. The van der Waals surface area contributed by atoms with E-state index in [0.717, 1.165) is 6.42 Å².